The van der Waals surface area contributed by atoms with E-state index in [2.05, 4.69) is 20.5 Å². The Morgan fingerprint density at radius 1 is 1.19 bits per heavy atom. The average molecular weight is 432 g/mol. The Balaban J connectivity index is 1.67. The first-order chi connectivity index (χ1) is 15.6. The molecule has 0 aliphatic heterocycles. The maximum atomic E-state index is 13.1. The number of carbonyl (C=O) groups excluding carboxylic acids is 1. The Bertz CT molecular complexity index is 1250. The van der Waals surface area contributed by atoms with Crippen LogP contribution in [-0.2, 0) is 0 Å². The van der Waals surface area contributed by atoms with Crippen LogP contribution in [-0.4, -0.2) is 39.9 Å². The van der Waals surface area contributed by atoms with Gasteiger partial charge in [-0.1, -0.05) is 36.4 Å². The Morgan fingerprint density at radius 2 is 2.00 bits per heavy atom. The molecule has 0 fully saturated rings. The van der Waals surface area contributed by atoms with Gasteiger partial charge in [-0.15, -0.1) is 0 Å². The Morgan fingerprint density at radius 3 is 2.69 bits per heavy atom. The molecule has 4 aromatic rings. The van der Waals surface area contributed by atoms with E-state index in [1.165, 1.54) is 19.4 Å². The molecule has 0 saturated carbocycles. The third kappa shape index (κ3) is 4.35. The molecule has 0 saturated heterocycles. The molecule has 0 radical (unpaired) electrons. The number of aromatic amines is 1. The van der Waals surface area contributed by atoms with E-state index in [1.54, 1.807) is 30.4 Å². The lowest BCUT2D eigenvalue weighted by Crippen LogP contribution is -2.31. The number of amides is 1. The Hall–Kier alpha value is -4.04. The number of nitrogens with zero attached hydrogens (tertiary/aromatic N) is 2. The van der Waals surface area contributed by atoms with Gasteiger partial charge in [0.25, 0.3) is 5.91 Å². The number of nitrogens with one attached hydrogen (secondary N) is 2. The largest absolute Gasteiger partial charge is 0.495 e. The van der Waals surface area contributed by atoms with E-state index in [0.29, 0.717) is 33.5 Å². The highest BCUT2D eigenvalue weighted by molar-refractivity contribution is 6.05. The van der Waals surface area contributed by atoms with Crippen molar-refractivity contribution in [2.24, 2.45) is 0 Å². The standard InChI is InChI=1S/C24H21FN4O3/c1-32-23-17(24(31)27-20(14-30)16-5-3-2-4-6-16)9-11-19-22(23)18(28-29-19)10-7-15-8-12-21(25)26-13-15/h2-13,20,30H,14H2,1H3,(H,27,31)(H,28,29)/b10-7+/t20-/m1/s1. The van der Waals surface area contributed by atoms with Gasteiger partial charge in [-0.05, 0) is 41.5 Å². The highest BCUT2D eigenvalue weighted by Crippen LogP contribution is 2.32. The molecular weight excluding hydrogens is 411 g/mol. The first-order valence-corrected chi connectivity index (χ1v) is 9.92. The number of H-pyrrole nitrogens is 1. The second-order valence-corrected chi connectivity index (χ2v) is 7.04. The van der Waals surface area contributed by atoms with Gasteiger partial charge >= 0.3 is 0 Å². The third-order valence-corrected chi connectivity index (χ3v) is 5.03. The number of benzene rings is 2. The van der Waals surface area contributed by atoms with Crippen molar-refractivity contribution in [3.05, 3.63) is 89.1 Å². The zero-order valence-corrected chi connectivity index (χ0v) is 17.2. The lowest BCUT2D eigenvalue weighted by Gasteiger charge is -2.18. The number of hydrogen-bond donors (Lipinski definition) is 3. The van der Waals surface area contributed by atoms with Crippen LogP contribution in [0.3, 0.4) is 0 Å². The lowest BCUT2D eigenvalue weighted by molar-refractivity contribution is 0.0913. The topological polar surface area (TPSA) is 100 Å². The van der Waals surface area contributed by atoms with Crippen LogP contribution in [0.25, 0.3) is 23.1 Å². The molecule has 0 unspecified atom stereocenters. The molecule has 2 heterocycles. The molecule has 1 amide bonds. The van der Waals surface area contributed by atoms with Crippen LogP contribution in [0, 0.1) is 5.95 Å². The third-order valence-electron chi connectivity index (χ3n) is 5.03. The van der Waals surface area contributed by atoms with Crippen LogP contribution in [0.2, 0.25) is 0 Å². The summed E-state index contributed by atoms with van der Waals surface area (Å²) in [6.45, 7) is -0.244. The number of fused-ring (bicyclic) bond motifs is 1. The van der Waals surface area contributed by atoms with Crippen LogP contribution in [0.5, 0.6) is 5.75 Å². The van der Waals surface area contributed by atoms with Gasteiger partial charge in [-0.2, -0.15) is 9.49 Å². The van der Waals surface area contributed by atoms with Gasteiger partial charge in [0, 0.05) is 6.20 Å². The fourth-order valence-corrected chi connectivity index (χ4v) is 3.43. The van der Waals surface area contributed by atoms with Crippen LogP contribution in [0.1, 0.15) is 33.2 Å². The molecule has 8 heteroatoms. The molecule has 0 bridgehead atoms. The SMILES string of the molecule is COc1c(C(=O)N[C@H](CO)c2ccccc2)ccc2[nH]nc(/C=C/c3ccc(F)nc3)c12. The van der Waals surface area contributed by atoms with Gasteiger partial charge in [-0.25, -0.2) is 4.98 Å². The van der Waals surface area contributed by atoms with E-state index in [9.17, 15) is 14.3 Å². The maximum Gasteiger partial charge on any atom is 0.255 e. The zero-order chi connectivity index (χ0) is 22.5. The molecule has 162 valence electrons. The van der Waals surface area contributed by atoms with E-state index < -0.39 is 12.0 Å². The predicted molar refractivity (Wildman–Crippen MR) is 120 cm³/mol. The molecule has 32 heavy (non-hydrogen) atoms. The van der Waals surface area contributed by atoms with Crippen molar-refractivity contribution in [2.45, 2.75) is 6.04 Å². The number of methoxy groups -OCH3 is 1. The molecule has 2 aromatic heterocycles. The van der Waals surface area contributed by atoms with Gasteiger partial charge in [0.05, 0.1) is 41.9 Å². The number of halogens is 1. The summed E-state index contributed by atoms with van der Waals surface area (Å²) >= 11 is 0. The van der Waals surface area contributed by atoms with Gasteiger partial charge in [-0.3, -0.25) is 9.89 Å². The Kier molecular flexibility index (Phi) is 6.23. The molecule has 0 aliphatic rings. The molecule has 0 aliphatic carbocycles. The summed E-state index contributed by atoms with van der Waals surface area (Å²) in [6, 6.07) is 14.9. The lowest BCUT2D eigenvalue weighted by atomic mass is 10.0. The molecule has 7 nitrogen and oxygen atoms in total. The minimum Gasteiger partial charge on any atom is -0.495 e. The van der Waals surface area contributed by atoms with Crippen molar-refractivity contribution >= 4 is 29.0 Å². The fourth-order valence-electron chi connectivity index (χ4n) is 3.43. The van der Waals surface area contributed by atoms with Gasteiger partial charge < -0.3 is 15.2 Å². The van der Waals surface area contributed by atoms with Crippen LogP contribution < -0.4 is 10.1 Å². The van der Waals surface area contributed by atoms with Gasteiger partial charge in [0.2, 0.25) is 5.95 Å². The minimum atomic E-state index is -0.557. The van der Waals surface area contributed by atoms with E-state index in [0.717, 1.165) is 5.56 Å². The second kappa shape index (κ2) is 9.40. The summed E-state index contributed by atoms with van der Waals surface area (Å²) in [6.07, 6.45) is 4.89. The highest BCUT2D eigenvalue weighted by Gasteiger charge is 2.21. The van der Waals surface area contributed by atoms with E-state index in [-0.39, 0.29) is 12.5 Å². The van der Waals surface area contributed by atoms with Crippen molar-refractivity contribution in [2.75, 3.05) is 13.7 Å². The molecule has 0 spiro atoms. The number of rotatable bonds is 7. The molecule has 1 atom stereocenters. The summed E-state index contributed by atoms with van der Waals surface area (Å²) in [7, 11) is 1.48. The van der Waals surface area contributed by atoms with Crippen molar-refractivity contribution in [1.82, 2.24) is 20.5 Å². The molecule has 3 N–H and O–H groups in total. The summed E-state index contributed by atoms with van der Waals surface area (Å²) < 4.78 is 18.6. The van der Waals surface area contributed by atoms with Gasteiger partial charge in [0.1, 0.15) is 5.75 Å². The molecule has 4 rings (SSSR count). The maximum absolute atomic E-state index is 13.1. The minimum absolute atomic E-state index is 0.244. The number of ether oxygens (including phenoxy) is 1. The predicted octanol–water partition coefficient (Wildman–Crippen LogP) is 3.74. The second-order valence-electron chi connectivity index (χ2n) is 7.04. The van der Waals surface area contributed by atoms with Crippen LogP contribution >= 0.6 is 0 Å². The van der Waals surface area contributed by atoms with Crippen LogP contribution in [0.15, 0.2) is 60.8 Å². The van der Waals surface area contributed by atoms with E-state index >= 15 is 0 Å². The normalized spacial score (nSPS) is 12.2. The number of aliphatic hydroxyl groups excluding tert-OH is 1. The summed E-state index contributed by atoms with van der Waals surface area (Å²) in [4.78, 5) is 16.7. The number of hydrogen-bond acceptors (Lipinski definition) is 5. The number of pyridine rings is 1. The smallest absolute Gasteiger partial charge is 0.255 e. The zero-order valence-electron chi connectivity index (χ0n) is 17.2. The monoisotopic (exact) mass is 432 g/mol. The van der Waals surface area contributed by atoms with E-state index in [1.807, 2.05) is 30.3 Å². The van der Waals surface area contributed by atoms with Crippen LogP contribution in [0.4, 0.5) is 4.39 Å². The van der Waals surface area contributed by atoms with Gasteiger partial charge in [0.15, 0.2) is 0 Å². The summed E-state index contributed by atoms with van der Waals surface area (Å²) in [5.74, 6) is -0.581. The van der Waals surface area contributed by atoms with Crippen molar-refractivity contribution in [3.8, 4) is 5.75 Å². The summed E-state index contributed by atoms with van der Waals surface area (Å²) in [5, 5.41) is 20.5. The molecule has 2 aromatic carbocycles. The quantitative estimate of drug-likeness (QED) is 0.386. The summed E-state index contributed by atoms with van der Waals surface area (Å²) in [5.41, 5.74) is 3.05. The first-order valence-electron chi connectivity index (χ1n) is 9.92. The Labute approximate surface area is 183 Å². The number of aromatic nitrogens is 3. The first kappa shape index (κ1) is 21.2. The van der Waals surface area contributed by atoms with Crippen molar-refractivity contribution in [1.29, 1.82) is 0 Å². The van der Waals surface area contributed by atoms with Crippen molar-refractivity contribution in [3.63, 3.8) is 0 Å². The average Bonchev–Trinajstić information content (AvgIpc) is 3.25. The van der Waals surface area contributed by atoms with E-state index in [4.69, 9.17) is 4.74 Å². The highest BCUT2D eigenvalue weighted by atomic mass is 19.1. The number of carbonyl (C=O) groups is 1. The van der Waals surface area contributed by atoms with Crippen molar-refractivity contribution < 1.29 is 19.0 Å². The molecular formula is C24H21FN4O3. The number of aliphatic hydroxyl groups is 1. The fraction of sp³-hybridized carbons (Fsp3) is 0.125.